The van der Waals surface area contributed by atoms with Gasteiger partial charge in [-0.1, -0.05) is 0 Å². The van der Waals surface area contributed by atoms with Crippen LogP contribution in [0.25, 0.3) is 10.9 Å². The maximum Gasteiger partial charge on any atom is 0.328 e. The van der Waals surface area contributed by atoms with Crippen LogP contribution in [0.5, 0.6) is 0 Å². The van der Waals surface area contributed by atoms with Crippen molar-refractivity contribution in [3.05, 3.63) is 48.5 Å². The fraction of sp³-hybridized carbons (Fsp3) is 0.514. The van der Waals surface area contributed by atoms with Crippen LogP contribution in [-0.4, -0.2) is 106 Å². The lowest BCUT2D eigenvalue weighted by atomic mass is 10.0. The molecule has 15 heteroatoms. The number of carbonyl (C=O) groups excluding carboxylic acids is 2. The van der Waals surface area contributed by atoms with Gasteiger partial charge in [0.25, 0.3) is 0 Å². The number of nitrogens with zero attached hydrogens (tertiary/aromatic N) is 10. The molecule has 4 aromatic heterocycles. The van der Waals surface area contributed by atoms with Gasteiger partial charge < -0.3 is 19.9 Å². The summed E-state index contributed by atoms with van der Waals surface area (Å²) in [6.07, 6.45) is 11.6. The Labute approximate surface area is 292 Å². The van der Waals surface area contributed by atoms with Gasteiger partial charge in [-0.25, -0.2) is 14.8 Å². The SMILES string of the molecule is COC1CCN(c2nccc(Nc3cc4c(cn3)c(N3CCC(N(C)Cc5ccncc5N5CCC(=O)NC5=O)CC3)nn4C(C)C)n2)CC1. The number of amides is 3. The van der Waals surface area contributed by atoms with Crippen LogP contribution in [0.3, 0.4) is 0 Å². The Morgan fingerprint density at radius 3 is 2.50 bits per heavy atom. The number of aromatic nitrogens is 6. The van der Waals surface area contributed by atoms with E-state index in [2.05, 4.69) is 66.9 Å². The van der Waals surface area contributed by atoms with E-state index in [1.165, 1.54) is 0 Å². The lowest BCUT2D eigenvalue weighted by Crippen LogP contribution is -2.50. The Morgan fingerprint density at radius 2 is 1.76 bits per heavy atom. The highest BCUT2D eigenvalue weighted by molar-refractivity contribution is 6.05. The van der Waals surface area contributed by atoms with Gasteiger partial charge in [0.1, 0.15) is 11.6 Å². The number of rotatable bonds is 10. The smallest absolute Gasteiger partial charge is 0.328 e. The second kappa shape index (κ2) is 14.5. The number of hydrogen-bond donors (Lipinski definition) is 2. The Kier molecular flexibility index (Phi) is 9.76. The van der Waals surface area contributed by atoms with Crippen molar-refractivity contribution in [2.75, 3.05) is 66.9 Å². The second-order valence-electron chi connectivity index (χ2n) is 13.6. The molecule has 0 aliphatic carbocycles. The molecule has 0 unspecified atom stereocenters. The first kappa shape index (κ1) is 33.6. The summed E-state index contributed by atoms with van der Waals surface area (Å²) in [4.78, 5) is 51.2. The van der Waals surface area contributed by atoms with E-state index in [9.17, 15) is 9.59 Å². The average Bonchev–Trinajstić information content (AvgIpc) is 3.51. The van der Waals surface area contributed by atoms with Crippen molar-refractivity contribution in [3.8, 4) is 0 Å². The topological polar surface area (TPSA) is 150 Å². The highest BCUT2D eigenvalue weighted by Crippen LogP contribution is 2.33. The summed E-state index contributed by atoms with van der Waals surface area (Å²) in [5.74, 6) is 2.83. The third kappa shape index (κ3) is 7.05. The van der Waals surface area contributed by atoms with Gasteiger partial charge in [-0.2, -0.15) is 10.1 Å². The van der Waals surface area contributed by atoms with Crippen LogP contribution in [0, 0.1) is 0 Å². The molecule has 0 radical (unpaired) electrons. The van der Waals surface area contributed by atoms with Gasteiger partial charge in [-0.05, 0) is 64.3 Å². The normalized spacial score (nSPS) is 18.1. The fourth-order valence-corrected chi connectivity index (χ4v) is 7.21. The zero-order valence-electron chi connectivity index (χ0n) is 29.2. The van der Waals surface area contributed by atoms with Gasteiger partial charge in [-0.3, -0.25) is 29.6 Å². The minimum Gasteiger partial charge on any atom is -0.381 e. The van der Waals surface area contributed by atoms with Gasteiger partial charge in [-0.15, -0.1) is 0 Å². The molecule has 15 nitrogen and oxygen atoms in total. The van der Waals surface area contributed by atoms with Gasteiger partial charge >= 0.3 is 6.03 Å². The molecule has 2 N–H and O–H groups in total. The second-order valence-corrected chi connectivity index (χ2v) is 13.6. The van der Waals surface area contributed by atoms with E-state index >= 15 is 0 Å². The predicted octanol–water partition coefficient (Wildman–Crippen LogP) is 4.10. The Morgan fingerprint density at radius 1 is 0.980 bits per heavy atom. The molecule has 7 rings (SSSR count). The number of carbonyl (C=O) groups is 2. The largest absolute Gasteiger partial charge is 0.381 e. The number of hydrogen-bond acceptors (Lipinski definition) is 12. The molecule has 3 aliphatic heterocycles. The molecule has 3 aliphatic rings. The number of piperidine rings is 2. The van der Waals surface area contributed by atoms with E-state index in [1.807, 2.05) is 18.3 Å². The summed E-state index contributed by atoms with van der Waals surface area (Å²) in [5, 5.41) is 12.0. The maximum absolute atomic E-state index is 12.6. The minimum atomic E-state index is -0.394. The fourth-order valence-electron chi connectivity index (χ4n) is 7.21. The van der Waals surface area contributed by atoms with Crippen LogP contribution in [0.15, 0.2) is 43.0 Å². The molecule has 0 aromatic carbocycles. The van der Waals surface area contributed by atoms with Crippen LogP contribution in [0.1, 0.15) is 57.6 Å². The van der Waals surface area contributed by atoms with E-state index in [1.54, 1.807) is 30.6 Å². The summed E-state index contributed by atoms with van der Waals surface area (Å²) < 4.78 is 7.60. The molecule has 4 aromatic rings. The van der Waals surface area contributed by atoms with E-state index in [0.29, 0.717) is 42.8 Å². The number of anilines is 5. The first-order valence-corrected chi connectivity index (χ1v) is 17.5. The van der Waals surface area contributed by atoms with E-state index in [-0.39, 0.29) is 18.4 Å². The molecule has 0 spiro atoms. The lowest BCUT2D eigenvalue weighted by molar-refractivity contribution is -0.120. The highest BCUT2D eigenvalue weighted by atomic mass is 16.5. The number of pyridine rings is 2. The Balaban J connectivity index is 1.02. The molecule has 0 saturated carbocycles. The Bertz CT molecular complexity index is 1830. The van der Waals surface area contributed by atoms with Crippen LogP contribution in [-0.2, 0) is 16.1 Å². The van der Waals surface area contributed by atoms with Crippen LogP contribution < -0.4 is 25.3 Å². The van der Waals surface area contributed by atoms with E-state index in [4.69, 9.17) is 19.8 Å². The molecule has 0 bridgehead atoms. The predicted molar refractivity (Wildman–Crippen MR) is 192 cm³/mol. The van der Waals surface area contributed by atoms with Gasteiger partial charge in [0.15, 0.2) is 5.82 Å². The summed E-state index contributed by atoms with van der Waals surface area (Å²) in [6, 6.07) is 6.02. The maximum atomic E-state index is 12.6. The molecule has 3 fully saturated rings. The van der Waals surface area contributed by atoms with Crippen molar-refractivity contribution < 1.29 is 14.3 Å². The summed E-state index contributed by atoms with van der Waals surface area (Å²) in [5.41, 5.74) is 2.78. The molecular formula is C35H46N12O3. The number of ether oxygens (including phenoxy) is 1. The van der Waals surface area contributed by atoms with Gasteiger partial charge in [0, 0.05) is 89.5 Å². The van der Waals surface area contributed by atoms with Crippen molar-refractivity contribution in [2.24, 2.45) is 0 Å². The van der Waals surface area contributed by atoms with Gasteiger partial charge in [0.2, 0.25) is 11.9 Å². The third-order valence-corrected chi connectivity index (χ3v) is 10.1. The van der Waals surface area contributed by atoms with Crippen molar-refractivity contribution in [1.82, 2.24) is 39.9 Å². The molecule has 264 valence electrons. The monoisotopic (exact) mass is 682 g/mol. The van der Waals surface area contributed by atoms with E-state index in [0.717, 1.165) is 79.8 Å². The highest BCUT2D eigenvalue weighted by Gasteiger charge is 2.29. The van der Waals surface area contributed by atoms with Crippen LogP contribution in [0.4, 0.5) is 33.9 Å². The molecule has 7 heterocycles. The summed E-state index contributed by atoms with van der Waals surface area (Å²) >= 11 is 0. The average molecular weight is 683 g/mol. The molecule has 0 atom stereocenters. The van der Waals surface area contributed by atoms with Gasteiger partial charge in [0.05, 0.1) is 28.9 Å². The first-order valence-electron chi connectivity index (χ1n) is 17.5. The zero-order valence-corrected chi connectivity index (χ0v) is 29.2. The molecule has 3 amide bonds. The number of urea groups is 1. The number of fused-ring (bicyclic) bond motifs is 1. The van der Waals surface area contributed by atoms with Crippen molar-refractivity contribution in [3.63, 3.8) is 0 Å². The summed E-state index contributed by atoms with van der Waals surface area (Å²) in [6.45, 7) is 8.78. The quantitative estimate of drug-likeness (QED) is 0.248. The number of imide groups is 1. The first-order chi connectivity index (χ1) is 24.3. The van der Waals surface area contributed by atoms with E-state index < -0.39 is 6.03 Å². The van der Waals surface area contributed by atoms with Crippen molar-refractivity contribution in [2.45, 2.75) is 70.7 Å². The zero-order chi connectivity index (χ0) is 34.8. The number of methoxy groups -OCH3 is 1. The minimum absolute atomic E-state index is 0.167. The van der Waals surface area contributed by atoms with Crippen LogP contribution >= 0.6 is 0 Å². The van der Waals surface area contributed by atoms with Crippen molar-refractivity contribution >= 4 is 51.9 Å². The summed E-state index contributed by atoms with van der Waals surface area (Å²) in [7, 11) is 3.91. The molecule has 50 heavy (non-hydrogen) atoms. The van der Waals surface area contributed by atoms with Crippen molar-refractivity contribution in [1.29, 1.82) is 0 Å². The molecule has 3 saturated heterocycles. The lowest BCUT2D eigenvalue weighted by Gasteiger charge is -2.37. The Hall–Kier alpha value is -4.89. The number of nitrogens with one attached hydrogen (secondary N) is 2. The standard InChI is InChI=1S/C35H46N12O3/c1-23(2)47-28-19-31(39-30-6-13-37-34(40-30)45-16-9-26(50-4)10-17-45)38-20-27(28)33(42-47)44-14-7-25(8-15-44)43(3)22-24-5-12-36-21-29(24)46-18-11-32(48)41-35(46)49/h5-6,12-13,19-21,23,25-26H,7-11,14-18,22H2,1-4H3,(H,41,48,49)(H,37,38,39,40). The van der Waals surface area contributed by atoms with Crippen LogP contribution in [0.2, 0.25) is 0 Å². The molecular weight excluding hydrogens is 636 g/mol. The third-order valence-electron chi connectivity index (χ3n) is 10.1.